The number of halogens is 1. The number of allylic oxidation sites excluding steroid dienone is 3. The number of hydrogen-bond acceptors (Lipinski definition) is 4. The first-order chi connectivity index (χ1) is 10.0. The minimum Gasteiger partial charge on any atom is -0.504 e. The van der Waals surface area contributed by atoms with Crippen molar-refractivity contribution in [3.63, 3.8) is 0 Å². The number of rotatable bonds is 3. The Hall–Kier alpha value is -3.02. The highest BCUT2D eigenvalue weighted by molar-refractivity contribution is 6.00. The lowest BCUT2D eigenvalue weighted by atomic mass is 10.1. The summed E-state index contributed by atoms with van der Waals surface area (Å²) in [5, 5.41) is 20.3. The summed E-state index contributed by atoms with van der Waals surface area (Å²) in [5.74, 6) is -1.50. The second-order valence-electron chi connectivity index (χ2n) is 4.34. The third-order valence-electron chi connectivity index (χ3n) is 2.89. The molecule has 21 heavy (non-hydrogen) atoms. The van der Waals surface area contributed by atoms with E-state index in [2.05, 4.69) is 5.32 Å². The molecular weight excluding hydrogens is 271 g/mol. The lowest BCUT2D eigenvalue weighted by Crippen LogP contribution is -2.19. The molecule has 1 heterocycles. The van der Waals surface area contributed by atoms with Gasteiger partial charge in [0.2, 0.25) is 0 Å². The van der Waals surface area contributed by atoms with Crippen LogP contribution in [0.1, 0.15) is 5.56 Å². The average molecular weight is 286 g/mol. The highest BCUT2D eigenvalue weighted by atomic mass is 19.1. The van der Waals surface area contributed by atoms with Gasteiger partial charge in [-0.15, -0.1) is 0 Å². The van der Waals surface area contributed by atoms with E-state index in [0.717, 1.165) is 6.07 Å². The molecule has 0 unspecified atom stereocenters. The first-order valence-electron chi connectivity index (χ1n) is 6.14. The molecule has 0 aromatic heterocycles. The molecule has 1 aromatic rings. The van der Waals surface area contributed by atoms with Crippen molar-refractivity contribution >= 4 is 11.5 Å². The van der Waals surface area contributed by atoms with Crippen molar-refractivity contribution < 1.29 is 9.50 Å². The Balaban J connectivity index is 2.48. The zero-order valence-electron chi connectivity index (χ0n) is 11.1. The van der Waals surface area contributed by atoms with Crippen LogP contribution in [0.2, 0.25) is 0 Å². The molecule has 0 amide bonds. The summed E-state index contributed by atoms with van der Waals surface area (Å²) < 4.78 is 13.3. The summed E-state index contributed by atoms with van der Waals surface area (Å²) in [6.45, 7) is 0. The topological polar surface area (TPSA) is 108 Å². The van der Waals surface area contributed by atoms with Gasteiger partial charge in [0.1, 0.15) is 5.84 Å². The minimum atomic E-state index is -0.764. The van der Waals surface area contributed by atoms with Gasteiger partial charge in [-0.3, -0.25) is 5.41 Å². The molecular formula is C15H15FN4O. The van der Waals surface area contributed by atoms with E-state index in [4.69, 9.17) is 16.9 Å². The fourth-order valence-corrected chi connectivity index (χ4v) is 1.84. The van der Waals surface area contributed by atoms with Gasteiger partial charge >= 0.3 is 0 Å². The van der Waals surface area contributed by atoms with Crippen molar-refractivity contribution in [1.82, 2.24) is 5.32 Å². The Labute approximate surface area is 121 Å². The quantitative estimate of drug-likeness (QED) is 0.430. The molecule has 0 atom stereocenters. The number of benzene rings is 1. The van der Waals surface area contributed by atoms with Crippen molar-refractivity contribution in [3.05, 3.63) is 71.4 Å². The van der Waals surface area contributed by atoms with Gasteiger partial charge in [0, 0.05) is 28.7 Å². The van der Waals surface area contributed by atoms with Gasteiger partial charge < -0.3 is 21.9 Å². The van der Waals surface area contributed by atoms with Crippen LogP contribution < -0.4 is 16.8 Å². The summed E-state index contributed by atoms with van der Waals surface area (Å²) in [5.41, 5.74) is 12.6. The number of aromatic hydroxyl groups is 1. The van der Waals surface area contributed by atoms with Crippen molar-refractivity contribution in [1.29, 1.82) is 5.41 Å². The van der Waals surface area contributed by atoms with Crippen molar-refractivity contribution in [2.24, 2.45) is 11.5 Å². The molecule has 7 N–H and O–H groups in total. The third kappa shape index (κ3) is 3.11. The van der Waals surface area contributed by atoms with Crippen LogP contribution in [0.25, 0.3) is 5.70 Å². The second kappa shape index (κ2) is 5.96. The highest BCUT2D eigenvalue weighted by Gasteiger charge is 2.12. The number of dihydropyridines is 1. The van der Waals surface area contributed by atoms with Crippen LogP contribution in [-0.2, 0) is 0 Å². The van der Waals surface area contributed by atoms with Gasteiger partial charge in [0.05, 0.1) is 0 Å². The van der Waals surface area contributed by atoms with Crippen LogP contribution in [0.15, 0.2) is 60.0 Å². The van der Waals surface area contributed by atoms with Crippen LogP contribution in [-0.4, -0.2) is 10.9 Å². The highest BCUT2D eigenvalue weighted by Crippen LogP contribution is 2.26. The first kappa shape index (κ1) is 14.4. The Bertz CT molecular complexity index is 702. The normalized spacial score (nSPS) is 16.5. The Morgan fingerprint density at radius 2 is 2.05 bits per heavy atom. The van der Waals surface area contributed by atoms with E-state index in [9.17, 15) is 9.50 Å². The molecule has 0 saturated carbocycles. The van der Waals surface area contributed by atoms with Gasteiger partial charge in [-0.25, -0.2) is 4.39 Å². The average Bonchev–Trinajstić information content (AvgIpc) is 2.48. The number of phenols is 1. The molecule has 0 aliphatic carbocycles. The maximum atomic E-state index is 13.3. The predicted molar refractivity (Wildman–Crippen MR) is 80.6 cm³/mol. The summed E-state index contributed by atoms with van der Waals surface area (Å²) in [7, 11) is 0. The van der Waals surface area contributed by atoms with E-state index in [1.807, 2.05) is 0 Å². The molecule has 1 aliphatic rings. The Morgan fingerprint density at radius 3 is 2.67 bits per heavy atom. The Kier molecular flexibility index (Phi) is 4.08. The van der Waals surface area contributed by atoms with E-state index >= 15 is 0 Å². The maximum Gasteiger partial charge on any atom is 0.165 e. The summed E-state index contributed by atoms with van der Waals surface area (Å²) >= 11 is 0. The molecule has 0 radical (unpaired) electrons. The molecule has 1 aromatic carbocycles. The van der Waals surface area contributed by atoms with Crippen LogP contribution in [0, 0.1) is 11.2 Å². The standard InChI is InChI=1S/C15H15FN4O/c16-11-5-3-4-9(14(11)21)12(17)8-10(15(18)19)13-6-1-2-7-20-13/h1-8,20-21H,17H2,(H3,18,19)/b12-8-,13-10-. The molecule has 5 nitrogen and oxygen atoms in total. The SMILES string of the molecule is N=C(N)C(/C=C(\N)c1cccc(F)c1O)=C1/C=CC=CN1. The van der Waals surface area contributed by atoms with E-state index in [0.29, 0.717) is 11.3 Å². The van der Waals surface area contributed by atoms with Gasteiger partial charge in [-0.05, 0) is 30.4 Å². The molecule has 0 fully saturated rings. The fraction of sp³-hybridized carbons (Fsp3) is 0. The molecule has 108 valence electrons. The van der Waals surface area contributed by atoms with E-state index in [-0.39, 0.29) is 17.1 Å². The minimum absolute atomic E-state index is 0.106. The predicted octanol–water partition coefficient (Wildman–Crippen LogP) is 1.69. The summed E-state index contributed by atoms with van der Waals surface area (Å²) in [6.07, 6.45) is 8.39. The largest absolute Gasteiger partial charge is 0.504 e. The zero-order valence-corrected chi connectivity index (χ0v) is 11.1. The molecule has 1 aliphatic heterocycles. The monoisotopic (exact) mass is 286 g/mol. The van der Waals surface area contributed by atoms with Crippen LogP contribution in [0.4, 0.5) is 4.39 Å². The smallest absolute Gasteiger partial charge is 0.165 e. The fourth-order valence-electron chi connectivity index (χ4n) is 1.84. The number of amidine groups is 1. The van der Waals surface area contributed by atoms with E-state index in [1.54, 1.807) is 24.4 Å². The zero-order chi connectivity index (χ0) is 15.4. The van der Waals surface area contributed by atoms with Gasteiger partial charge in [-0.2, -0.15) is 0 Å². The lowest BCUT2D eigenvalue weighted by Gasteiger charge is -2.12. The maximum absolute atomic E-state index is 13.3. The number of hydrogen-bond donors (Lipinski definition) is 5. The summed E-state index contributed by atoms with van der Waals surface area (Å²) in [4.78, 5) is 0. The van der Waals surface area contributed by atoms with E-state index < -0.39 is 11.6 Å². The number of nitrogens with two attached hydrogens (primary N) is 2. The van der Waals surface area contributed by atoms with E-state index in [1.165, 1.54) is 18.2 Å². The number of nitrogens with one attached hydrogen (secondary N) is 2. The van der Waals surface area contributed by atoms with Crippen LogP contribution in [0.5, 0.6) is 5.75 Å². The van der Waals surface area contributed by atoms with Crippen LogP contribution >= 0.6 is 0 Å². The molecule has 2 rings (SSSR count). The van der Waals surface area contributed by atoms with Crippen molar-refractivity contribution in [2.75, 3.05) is 0 Å². The van der Waals surface area contributed by atoms with Crippen LogP contribution in [0.3, 0.4) is 0 Å². The number of phenolic OH excluding ortho intramolecular Hbond substituents is 1. The number of para-hydroxylation sites is 1. The van der Waals surface area contributed by atoms with Gasteiger partial charge in [-0.1, -0.05) is 12.1 Å². The lowest BCUT2D eigenvalue weighted by molar-refractivity contribution is 0.431. The molecule has 0 spiro atoms. The molecule has 6 heteroatoms. The summed E-state index contributed by atoms with van der Waals surface area (Å²) in [6, 6.07) is 4.05. The third-order valence-corrected chi connectivity index (χ3v) is 2.89. The molecule has 0 bridgehead atoms. The van der Waals surface area contributed by atoms with Gasteiger partial charge in [0.25, 0.3) is 0 Å². The van der Waals surface area contributed by atoms with Crippen molar-refractivity contribution in [3.8, 4) is 5.75 Å². The Morgan fingerprint density at radius 1 is 1.29 bits per heavy atom. The van der Waals surface area contributed by atoms with Crippen molar-refractivity contribution in [2.45, 2.75) is 0 Å². The second-order valence-corrected chi connectivity index (χ2v) is 4.34. The molecule has 0 saturated heterocycles. The first-order valence-corrected chi connectivity index (χ1v) is 6.14. The van der Waals surface area contributed by atoms with Gasteiger partial charge in [0.15, 0.2) is 11.6 Å².